The monoisotopic (exact) mass is 296 g/mol. The van der Waals surface area contributed by atoms with E-state index in [-0.39, 0.29) is 16.0 Å². The van der Waals surface area contributed by atoms with Gasteiger partial charge in [0.2, 0.25) is 0 Å². The fraction of sp³-hybridized carbons (Fsp3) is 0.533. The Morgan fingerprint density at radius 3 is 2.41 bits per heavy atom. The first kappa shape index (κ1) is 14.4. The van der Waals surface area contributed by atoms with E-state index < -0.39 is 0 Å². The third-order valence-corrected chi connectivity index (χ3v) is 3.88. The molecule has 0 spiro atoms. The zero-order chi connectivity index (χ0) is 13.2. The fourth-order valence-corrected chi connectivity index (χ4v) is 2.82. The van der Waals surface area contributed by atoms with Gasteiger partial charge in [0.15, 0.2) is 5.78 Å². The molecule has 0 bridgehead atoms. The number of alkyl halides is 1. The lowest BCUT2D eigenvalue weighted by Crippen LogP contribution is -2.30. The van der Waals surface area contributed by atoms with E-state index in [0.29, 0.717) is 0 Å². The van der Waals surface area contributed by atoms with E-state index in [1.54, 1.807) is 0 Å². The molecule has 0 fully saturated rings. The van der Waals surface area contributed by atoms with Crippen molar-refractivity contribution in [3.05, 3.63) is 34.9 Å². The highest BCUT2D eigenvalue weighted by molar-refractivity contribution is 9.10. The lowest BCUT2D eigenvalue weighted by atomic mass is 9.86. The molecule has 2 heteroatoms. The van der Waals surface area contributed by atoms with Crippen LogP contribution in [0.25, 0.3) is 0 Å². The topological polar surface area (TPSA) is 17.1 Å². The quantitative estimate of drug-likeness (QED) is 0.763. The van der Waals surface area contributed by atoms with Crippen LogP contribution in [0.1, 0.15) is 37.5 Å². The smallest absolute Gasteiger partial charge is 0.152 e. The second kappa shape index (κ2) is 5.34. The molecule has 94 valence electrons. The minimum atomic E-state index is -0.286. The molecule has 0 saturated carbocycles. The molecule has 0 saturated heterocycles. The third-order valence-electron chi connectivity index (χ3n) is 3.14. The first-order valence-corrected chi connectivity index (χ1v) is 6.88. The van der Waals surface area contributed by atoms with Gasteiger partial charge in [-0.15, -0.1) is 0 Å². The second-order valence-electron chi connectivity index (χ2n) is 5.64. The van der Waals surface area contributed by atoms with Crippen LogP contribution in [0.2, 0.25) is 0 Å². The van der Waals surface area contributed by atoms with E-state index in [2.05, 4.69) is 48.0 Å². The maximum Gasteiger partial charge on any atom is 0.152 e. The van der Waals surface area contributed by atoms with Crippen molar-refractivity contribution >= 4 is 21.7 Å². The van der Waals surface area contributed by atoms with Crippen LogP contribution in [0.15, 0.2) is 18.2 Å². The van der Waals surface area contributed by atoms with Gasteiger partial charge in [-0.1, -0.05) is 54.9 Å². The van der Waals surface area contributed by atoms with Gasteiger partial charge in [-0.05, 0) is 37.0 Å². The number of benzene rings is 1. The predicted octanol–water partition coefficient (Wildman–Crippen LogP) is 4.22. The van der Waals surface area contributed by atoms with Crippen molar-refractivity contribution in [1.82, 2.24) is 0 Å². The summed E-state index contributed by atoms with van der Waals surface area (Å²) in [7, 11) is 0. The molecule has 1 aromatic carbocycles. The fourth-order valence-electron chi connectivity index (χ4n) is 1.79. The minimum Gasteiger partial charge on any atom is -0.298 e. The Labute approximate surface area is 113 Å². The molecule has 0 amide bonds. The second-order valence-corrected chi connectivity index (χ2v) is 6.75. The number of carbonyl (C=O) groups excluding carboxylic acids is 1. The average molecular weight is 297 g/mol. The third kappa shape index (κ3) is 3.67. The molecule has 0 N–H and O–H groups in total. The van der Waals surface area contributed by atoms with E-state index in [0.717, 1.165) is 6.42 Å². The summed E-state index contributed by atoms with van der Waals surface area (Å²) >= 11 is 3.52. The summed E-state index contributed by atoms with van der Waals surface area (Å²) in [6.45, 7) is 10.1. The highest BCUT2D eigenvalue weighted by atomic mass is 79.9. The standard InChI is InChI=1S/C15H21BrO/c1-10-7-6-8-12(11(10)2)9-13(16)14(17)15(3,4)5/h6-8,13H,9H2,1-5H3. The molecule has 1 nitrogen and oxygen atoms in total. The van der Waals surface area contributed by atoms with Crippen LogP contribution >= 0.6 is 15.9 Å². The zero-order valence-corrected chi connectivity index (χ0v) is 12.9. The molecule has 0 aromatic heterocycles. The van der Waals surface area contributed by atoms with E-state index in [1.165, 1.54) is 16.7 Å². The minimum absolute atomic E-state index is 0.0944. The van der Waals surface area contributed by atoms with Crippen molar-refractivity contribution in [2.45, 2.75) is 45.9 Å². The lowest BCUT2D eigenvalue weighted by Gasteiger charge is -2.21. The van der Waals surface area contributed by atoms with Crippen LogP contribution in [0.5, 0.6) is 0 Å². The van der Waals surface area contributed by atoms with Gasteiger partial charge in [0.1, 0.15) is 0 Å². The van der Waals surface area contributed by atoms with Crippen molar-refractivity contribution in [3.8, 4) is 0 Å². The van der Waals surface area contributed by atoms with Crippen molar-refractivity contribution in [3.63, 3.8) is 0 Å². The normalized spacial score (nSPS) is 13.5. The van der Waals surface area contributed by atoms with Gasteiger partial charge in [0, 0.05) is 5.41 Å². The van der Waals surface area contributed by atoms with Crippen LogP contribution < -0.4 is 0 Å². The summed E-state index contributed by atoms with van der Waals surface area (Å²) in [6, 6.07) is 6.26. The summed E-state index contributed by atoms with van der Waals surface area (Å²) in [4.78, 5) is 12.0. The van der Waals surface area contributed by atoms with Gasteiger partial charge < -0.3 is 0 Å². The molecule has 0 heterocycles. The number of aryl methyl sites for hydroxylation is 1. The van der Waals surface area contributed by atoms with Crippen molar-refractivity contribution in [2.24, 2.45) is 5.41 Å². The molecule has 0 aliphatic carbocycles. The van der Waals surface area contributed by atoms with Crippen LogP contribution in [0, 0.1) is 19.3 Å². The van der Waals surface area contributed by atoms with Gasteiger partial charge in [-0.3, -0.25) is 4.79 Å². The zero-order valence-electron chi connectivity index (χ0n) is 11.3. The van der Waals surface area contributed by atoms with E-state index in [1.807, 2.05) is 20.8 Å². The highest BCUT2D eigenvalue weighted by Gasteiger charge is 2.28. The summed E-state index contributed by atoms with van der Waals surface area (Å²) < 4.78 is 0. The number of ketones is 1. The predicted molar refractivity (Wildman–Crippen MR) is 76.8 cm³/mol. The van der Waals surface area contributed by atoms with Crippen LogP contribution in [-0.4, -0.2) is 10.6 Å². The average Bonchev–Trinajstić information content (AvgIpc) is 2.22. The Bertz CT molecular complexity index is 415. The maximum atomic E-state index is 12.1. The van der Waals surface area contributed by atoms with Gasteiger partial charge in [-0.2, -0.15) is 0 Å². The van der Waals surface area contributed by atoms with Gasteiger partial charge in [0.25, 0.3) is 0 Å². The summed E-state index contributed by atoms with van der Waals surface area (Å²) in [5.41, 5.74) is 3.54. The molecule has 0 radical (unpaired) electrons. The SMILES string of the molecule is Cc1cccc(CC(Br)C(=O)C(C)(C)C)c1C. The van der Waals surface area contributed by atoms with E-state index in [4.69, 9.17) is 0 Å². The highest BCUT2D eigenvalue weighted by Crippen LogP contribution is 2.24. The molecule has 17 heavy (non-hydrogen) atoms. The molecule has 1 aromatic rings. The molecule has 0 aliphatic heterocycles. The Balaban J connectivity index is 2.85. The van der Waals surface area contributed by atoms with Crippen LogP contribution in [0.3, 0.4) is 0 Å². The van der Waals surface area contributed by atoms with E-state index in [9.17, 15) is 4.79 Å². The number of hydrogen-bond donors (Lipinski definition) is 0. The number of hydrogen-bond acceptors (Lipinski definition) is 1. The Kier molecular flexibility index (Phi) is 4.54. The molecule has 1 atom stereocenters. The Morgan fingerprint density at radius 2 is 1.88 bits per heavy atom. The Hall–Kier alpha value is -0.630. The number of rotatable bonds is 3. The van der Waals surface area contributed by atoms with Crippen LogP contribution in [0.4, 0.5) is 0 Å². The molecular formula is C15H21BrO. The number of Topliss-reactive ketones (excluding diaryl/α,β-unsaturated/α-hetero) is 1. The van der Waals surface area contributed by atoms with Crippen molar-refractivity contribution in [2.75, 3.05) is 0 Å². The van der Waals surface area contributed by atoms with Gasteiger partial charge in [-0.25, -0.2) is 0 Å². The lowest BCUT2D eigenvalue weighted by molar-refractivity contribution is -0.125. The first-order chi connectivity index (χ1) is 7.73. The summed E-state index contributed by atoms with van der Waals surface area (Å²) in [6.07, 6.45) is 0.767. The number of halogens is 1. The van der Waals surface area contributed by atoms with Crippen molar-refractivity contribution in [1.29, 1.82) is 0 Å². The summed E-state index contributed by atoms with van der Waals surface area (Å²) in [5, 5.41) is 0. The largest absolute Gasteiger partial charge is 0.298 e. The molecular weight excluding hydrogens is 276 g/mol. The summed E-state index contributed by atoms with van der Waals surface area (Å²) in [5.74, 6) is 0.262. The Morgan fingerprint density at radius 1 is 1.29 bits per heavy atom. The maximum absolute atomic E-state index is 12.1. The number of carbonyl (C=O) groups is 1. The molecule has 1 unspecified atom stereocenters. The van der Waals surface area contributed by atoms with Crippen LogP contribution in [-0.2, 0) is 11.2 Å². The van der Waals surface area contributed by atoms with E-state index >= 15 is 0 Å². The van der Waals surface area contributed by atoms with Gasteiger partial charge in [0.05, 0.1) is 4.83 Å². The first-order valence-electron chi connectivity index (χ1n) is 5.97. The molecule has 1 rings (SSSR count). The molecule has 0 aliphatic rings. The van der Waals surface area contributed by atoms with Crippen molar-refractivity contribution < 1.29 is 4.79 Å². The van der Waals surface area contributed by atoms with Gasteiger partial charge >= 0.3 is 0 Å².